The number of rotatable bonds is 7. The van der Waals surface area contributed by atoms with Crippen molar-refractivity contribution in [3.8, 4) is 5.75 Å². The molecule has 26 rings (SSSR count). The Kier molecular flexibility index (Phi) is 15.4. The minimum Gasteiger partial charge on any atom is -0.483 e. The second kappa shape index (κ2) is 24.2. The lowest BCUT2D eigenvalue weighted by atomic mass is 9.48. The Balaban J connectivity index is 0.891. The standard InChI is InChI=1S/C87H88O11/c1-47(44-89)68-42-70-56-35-49-16-14-48(15-17-49)34-50-18-19-52-20-24-59-9-6-10-60-25-29-66-63(12-7-13-74(66)87(59,60)75(52)36-50)53-22-26-61-54-23-28-64(70)69(39-54)57(38-56)40-72-65-27-21-51-8-4-5-11-62(51)71(65)43-76(72)86(2)83(97-84(68)92)82(95-78(91)41-58(61)37-53)80-77(98-86)31-30-67-73(45-90)79(85(93)96-81(67)80)55(32-33-88)46-94-3/h4-5,7-8,11-24,26-28,30-31,36,39,53,55-61,65,70-72,76,82-83,88-90H,6,9-10,25,29,32-35,37-38,40-46H2,1-3H3/b68-47-/t53-,55+,56+,57+,58+,59+,60+,61+,65-,70-,71+,72-,76-,82+,83-,86-,87-/m0/s1. The lowest BCUT2D eigenvalue weighted by Crippen LogP contribution is -2.59. The van der Waals surface area contributed by atoms with E-state index in [1.807, 2.05) is 19.1 Å². The first-order valence-corrected chi connectivity index (χ1v) is 36.7. The van der Waals surface area contributed by atoms with Crippen LogP contribution in [0.2, 0.25) is 0 Å². The molecule has 11 nitrogen and oxygen atoms in total. The Bertz CT molecular complexity index is 4600. The van der Waals surface area contributed by atoms with Gasteiger partial charge in [0.15, 0.2) is 17.8 Å². The number of ether oxygens (including phenoxy) is 4. The maximum Gasteiger partial charge on any atom is 0.340 e. The number of fused-ring (bicyclic) bond motifs is 10. The second-order valence-corrected chi connectivity index (χ2v) is 31.4. The van der Waals surface area contributed by atoms with E-state index in [2.05, 4.69) is 147 Å². The third-order valence-corrected chi connectivity index (χ3v) is 26.8. The molecule has 0 unspecified atom stereocenters. The van der Waals surface area contributed by atoms with Crippen molar-refractivity contribution in [3.05, 3.63) is 250 Å². The lowest BCUT2D eigenvalue weighted by molar-refractivity contribution is -0.202. The number of allylic oxidation sites excluding steroid dienone is 4. The number of aliphatic hydroxyl groups excluding tert-OH is 3. The summed E-state index contributed by atoms with van der Waals surface area (Å²) in [6.45, 7) is 2.80. The van der Waals surface area contributed by atoms with Gasteiger partial charge in [0.05, 0.1) is 25.4 Å². The molecule has 3 N–H and O–H groups in total. The van der Waals surface area contributed by atoms with E-state index in [1.165, 1.54) is 86.7 Å². The molecule has 19 aliphatic rings. The summed E-state index contributed by atoms with van der Waals surface area (Å²) >= 11 is 0. The van der Waals surface area contributed by atoms with E-state index in [-0.39, 0.29) is 120 Å². The first-order valence-electron chi connectivity index (χ1n) is 36.7. The normalized spacial score (nSPS) is 32.7. The summed E-state index contributed by atoms with van der Waals surface area (Å²) in [5, 5.41) is 33.7. The highest BCUT2D eigenvalue weighted by atomic mass is 16.6. The van der Waals surface area contributed by atoms with Crippen molar-refractivity contribution in [2.45, 2.75) is 169 Å². The van der Waals surface area contributed by atoms with E-state index in [4.69, 9.17) is 23.4 Å². The van der Waals surface area contributed by atoms with Gasteiger partial charge in [-0.2, -0.15) is 0 Å². The highest BCUT2D eigenvalue weighted by Crippen LogP contribution is 2.65. The molecular formula is C87H88O11. The van der Waals surface area contributed by atoms with E-state index >= 15 is 9.59 Å². The zero-order valence-electron chi connectivity index (χ0n) is 56.4. The van der Waals surface area contributed by atoms with E-state index in [0.717, 1.165) is 50.5 Å². The molecule has 4 aliphatic heterocycles. The highest BCUT2D eigenvalue weighted by molar-refractivity contribution is 5.91. The van der Waals surface area contributed by atoms with Crippen LogP contribution in [0.3, 0.4) is 0 Å². The fraction of sp³-hybridized carbons (Fsp3) is 0.437. The number of hydrogen-bond acceptors (Lipinski definition) is 11. The van der Waals surface area contributed by atoms with E-state index in [0.29, 0.717) is 52.5 Å². The quantitative estimate of drug-likeness (QED) is 0.0603. The van der Waals surface area contributed by atoms with E-state index in [9.17, 15) is 20.1 Å². The van der Waals surface area contributed by atoms with Crippen LogP contribution in [0.15, 0.2) is 160 Å². The molecule has 0 radical (unpaired) electrons. The van der Waals surface area contributed by atoms with Crippen LogP contribution in [0.4, 0.5) is 0 Å². The van der Waals surface area contributed by atoms with Gasteiger partial charge in [-0.1, -0.05) is 146 Å². The molecule has 11 heteroatoms. The van der Waals surface area contributed by atoms with Gasteiger partial charge in [0.25, 0.3) is 0 Å². The van der Waals surface area contributed by atoms with Crippen molar-refractivity contribution in [2.24, 2.45) is 41.4 Å². The average molecular weight is 1310 g/mol. The minimum absolute atomic E-state index is 0.00891. The van der Waals surface area contributed by atoms with Crippen molar-refractivity contribution in [1.29, 1.82) is 0 Å². The molecule has 15 aliphatic carbocycles. The smallest absolute Gasteiger partial charge is 0.340 e. The molecule has 2 saturated carbocycles. The predicted molar refractivity (Wildman–Crippen MR) is 377 cm³/mol. The fourth-order valence-electron chi connectivity index (χ4n) is 22.5. The molecule has 1 spiro atoms. The van der Waals surface area contributed by atoms with Crippen LogP contribution < -0.4 is 10.4 Å². The molecular weight excluding hydrogens is 1220 g/mol. The van der Waals surface area contributed by atoms with Crippen molar-refractivity contribution in [1.82, 2.24) is 0 Å². The van der Waals surface area contributed by atoms with Crippen LogP contribution in [0.5, 0.6) is 5.75 Å². The van der Waals surface area contributed by atoms with Crippen LogP contribution in [0.1, 0.15) is 215 Å². The third kappa shape index (κ3) is 9.65. The minimum atomic E-state index is -1.39. The average Bonchev–Trinajstić information content (AvgIpc) is 0.907. The molecule has 502 valence electrons. The maximum absolute atomic E-state index is 16.4. The number of carbonyl (C=O) groups excluding carboxylic acids is 2. The molecule has 6 aromatic carbocycles. The van der Waals surface area contributed by atoms with Gasteiger partial charge < -0.3 is 38.7 Å². The van der Waals surface area contributed by atoms with Crippen molar-refractivity contribution < 1.29 is 48.3 Å². The zero-order valence-corrected chi connectivity index (χ0v) is 56.4. The summed E-state index contributed by atoms with van der Waals surface area (Å²) in [7, 11) is 1.53. The third-order valence-electron chi connectivity index (χ3n) is 26.8. The molecule has 5 heterocycles. The molecule has 3 fully saturated rings. The van der Waals surface area contributed by atoms with Crippen LogP contribution >= 0.6 is 0 Å². The SMILES string of the molecule is COC[C@@H](CCO)c1c(CO)c2ccc3c(c2oc1=O)[C@H]1OC(=O)C[C@H]2C[C@@H]4C=C[C@@H]2c2ccc5c(c2)[C@@H]2C[C@@H](Cc6ccc(cc6)Cc6ccc7c(c6)[C@]68c9cccc4c9CC[C@H]6CCC[C@@H]8C=C7)[C@@H]5C/C(=C(\C)CO)C(=O)O[C@@H]1[C@@](C)(O3)[C@H]1C[C@@H]3c4ccccc4C=C[C@@H]3[C@@H]1C2. The van der Waals surface area contributed by atoms with Crippen molar-refractivity contribution in [3.63, 3.8) is 0 Å². The van der Waals surface area contributed by atoms with Gasteiger partial charge in [0.1, 0.15) is 11.3 Å². The number of aliphatic hydroxyl groups is 3. The summed E-state index contributed by atoms with van der Waals surface area (Å²) in [6.07, 6.45) is 22.7. The van der Waals surface area contributed by atoms with Crippen LogP contribution in [0.25, 0.3) is 23.1 Å². The Morgan fingerprint density at radius 2 is 1.55 bits per heavy atom. The van der Waals surface area contributed by atoms with Gasteiger partial charge in [-0.25, -0.2) is 9.59 Å². The summed E-state index contributed by atoms with van der Waals surface area (Å²) in [4.78, 5) is 47.8. The summed E-state index contributed by atoms with van der Waals surface area (Å²) in [5.74, 6) is -1.18. The number of hydrogen-bond donors (Lipinski definition) is 3. The van der Waals surface area contributed by atoms with Gasteiger partial charge >= 0.3 is 17.6 Å². The molecule has 0 amide bonds. The van der Waals surface area contributed by atoms with Crippen molar-refractivity contribution in [2.75, 3.05) is 26.9 Å². The molecule has 1 aromatic heterocycles. The van der Waals surface area contributed by atoms with Crippen LogP contribution in [-0.4, -0.2) is 65.9 Å². The van der Waals surface area contributed by atoms with Gasteiger partial charge in [0, 0.05) is 65.7 Å². The number of carbonyl (C=O) groups is 2. The molecule has 20 bridgehead atoms. The monoisotopic (exact) mass is 1310 g/mol. The molecule has 98 heavy (non-hydrogen) atoms. The first kappa shape index (κ1) is 62.3. The Morgan fingerprint density at radius 1 is 0.714 bits per heavy atom. The summed E-state index contributed by atoms with van der Waals surface area (Å²) in [5.41, 5.74) is 16.4. The van der Waals surface area contributed by atoms with Crippen molar-refractivity contribution >= 4 is 35.1 Å². The zero-order chi connectivity index (χ0) is 66.5. The molecule has 17 atom stereocenters. The van der Waals surface area contributed by atoms with Gasteiger partial charge in [-0.3, -0.25) is 4.79 Å². The number of benzene rings is 6. The predicted octanol–water partition coefficient (Wildman–Crippen LogP) is 15.8. The van der Waals surface area contributed by atoms with E-state index in [1.54, 1.807) is 0 Å². The summed E-state index contributed by atoms with van der Waals surface area (Å²) in [6, 6.07) is 43.5. The van der Waals surface area contributed by atoms with E-state index < -0.39 is 47.9 Å². The van der Waals surface area contributed by atoms with Gasteiger partial charge in [-0.05, 0) is 240 Å². The topological polar surface area (TPSA) is 162 Å². The Labute approximate surface area is 573 Å². The molecule has 1 saturated heterocycles. The van der Waals surface area contributed by atoms with Crippen LogP contribution in [-0.2, 0) is 55.1 Å². The highest BCUT2D eigenvalue weighted by Gasteiger charge is 2.63. The number of esters is 2. The van der Waals surface area contributed by atoms with Gasteiger partial charge in [-0.15, -0.1) is 0 Å². The Morgan fingerprint density at radius 3 is 2.40 bits per heavy atom. The fourth-order valence-corrected chi connectivity index (χ4v) is 22.5. The number of methoxy groups -OCH3 is 1. The maximum atomic E-state index is 16.4. The largest absolute Gasteiger partial charge is 0.483 e. The second-order valence-electron chi connectivity index (χ2n) is 31.4. The Hall–Kier alpha value is -7.93. The summed E-state index contributed by atoms with van der Waals surface area (Å²) < 4.78 is 34.8. The van der Waals surface area contributed by atoms with Gasteiger partial charge in [0.2, 0.25) is 0 Å². The molecule has 7 aromatic rings. The van der Waals surface area contributed by atoms with Crippen LogP contribution in [0, 0.1) is 41.4 Å². The lowest BCUT2D eigenvalue weighted by Gasteiger charge is -2.55. The first-order chi connectivity index (χ1) is 47.8.